The Balaban J connectivity index is 2.30. The van der Waals surface area contributed by atoms with Crippen LogP contribution in [0.25, 0.3) is 0 Å². The lowest BCUT2D eigenvalue weighted by Crippen LogP contribution is -2.39. The Morgan fingerprint density at radius 1 is 1.47 bits per heavy atom. The molecule has 0 amide bonds. The van der Waals surface area contributed by atoms with Crippen molar-refractivity contribution in [2.75, 3.05) is 0 Å². The molecule has 0 radical (unpaired) electrons. The lowest BCUT2D eigenvalue weighted by Gasteiger charge is -2.47. The largest absolute Gasteiger partial charge is 0.411 e. The molecule has 0 aliphatic heterocycles. The van der Waals surface area contributed by atoms with Crippen LogP contribution >= 0.6 is 0 Å². The van der Waals surface area contributed by atoms with Crippen LogP contribution in [-0.4, -0.2) is 10.9 Å². The van der Waals surface area contributed by atoms with E-state index in [2.05, 4.69) is 32.0 Å². The van der Waals surface area contributed by atoms with Crippen LogP contribution in [-0.2, 0) is 0 Å². The summed E-state index contributed by atoms with van der Waals surface area (Å²) in [5.41, 5.74) is 2.82. The van der Waals surface area contributed by atoms with E-state index in [0.29, 0.717) is 5.41 Å². The van der Waals surface area contributed by atoms with Gasteiger partial charge in [-0.15, -0.1) is 0 Å². The van der Waals surface area contributed by atoms with E-state index in [4.69, 9.17) is 5.21 Å². The van der Waals surface area contributed by atoms with E-state index < -0.39 is 0 Å². The van der Waals surface area contributed by atoms with Gasteiger partial charge in [0, 0.05) is 6.42 Å². The quantitative estimate of drug-likeness (QED) is 0.367. The minimum Gasteiger partial charge on any atom is -0.411 e. The van der Waals surface area contributed by atoms with Crippen molar-refractivity contribution in [1.82, 2.24) is 0 Å². The topological polar surface area (TPSA) is 32.6 Å². The smallest absolute Gasteiger partial charge is 0.0611 e. The van der Waals surface area contributed by atoms with Crippen molar-refractivity contribution < 1.29 is 5.21 Å². The Labute approximate surface area is 92.1 Å². The maximum absolute atomic E-state index is 8.84. The van der Waals surface area contributed by atoms with Gasteiger partial charge in [0.15, 0.2) is 0 Å². The summed E-state index contributed by atoms with van der Waals surface area (Å²) in [4.78, 5) is 0. The standard InChI is InChI=1S/C13H21NO/c1-9-4-5-11-8-12(14-15)6-7-13(11,3)10(9)2/h5,9-10,15H,4,6-8H2,1-3H3/t9?,10?,13-/m1/s1. The molecule has 0 saturated heterocycles. The van der Waals surface area contributed by atoms with Crippen molar-refractivity contribution in [3.05, 3.63) is 11.6 Å². The molecular formula is C13H21NO. The third-order valence-corrected chi connectivity index (χ3v) is 4.80. The summed E-state index contributed by atoms with van der Waals surface area (Å²) in [5, 5.41) is 12.2. The second-order valence-corrected chi connectivity index (χ2v) is 5.49. The minimum absolute atomic E-state index is 0.353. The summed E-state index contributed by atoms with van der Waals surface area (Å²) >= 11 is 0. The Bertz CT molecular complexity index is 318. The number of nitrogens with zero attached hydrogens (tertiary/aromatic N) is 1. The second kappa shape index (κ2) is 3.66. The first-order valence-corrected chi connectivity index (χ1v) is 5.97. The van der Waals surface area contributed by atoms with Crippen LogP contribution in [0, 0.1) is 17.3 Å². The third kappa shape index (κ3) is 1.60. The number of allylic oxidation sites excluding steroid dienone is 2. The van der Waals surface area contributed by atoms with Crippen molar-refractivity contribution >= 4 is 5.71 Å². The summed E-state index contributed by atoms with van der Waals surface area (Å²) < 4.78 is 0. The van der Waals surface area contributed by atoms with Crippen molar-refractivity contribution in [3.8, 4) is 0 Å². The number of hydrogen-bond acceptors (Lipinski definition) is 2. The first kappa shape index (κ1) is 10.7. The van der Waals surface area contributed by atoms with Crippen LogP contribution in [0.3, 0.4) is 0 Å². The fourth-order valence-electron chi connectivity index (χ4n) is 3.15. The first-order valence-electron chi connectivity index (χ1n) is 5.97. The van der Waals surface area contributed by atoms with E-state index in [1.165, 1.54) is 12.0 Å². The molecule has 0 heterocycles. The van der Waals surface area contributed by atoms with Gasteiger partial charge < -0.3 is 5.21 Å². The summed E-state index contributed by atoms with van der Waals surface area (Å²) in [6.45, 7) is 7.10. The van der Waals surface area contributed by atoms with Gasteiger partial charge in [0.1, 0.15) is 0 Å². The Kier molecular flexibility index (Phi) is 2.61. The summed E-state index contributed by atoms with van der Waals surface area (Å²) in [6, 6.07) is 0. The number of oxime groups is 1. The summed E-state index contributed by atoms with van der Waals surface area (Å²) in [5.74, 6) is 1.53. The maximum Gasteiger partial charge on any atom is 0.0611 e. The van der Waals surface area contributed by atoms with Gasteiger partial charge in [-0.1, -0.05) is 37.6 Å². The van der Waals surface area contributed by atoms with E-state index in [1.54, 1.807) is 0 Å². The van der Waals surface area contributed by atoms with E-state index in [1.807, 2.05) is 0 Å². The van der Waals surface area contributed by atoms with Crippen LogP contribution in [0.2, 0.25) is 0 Å². The molecule has 3 atom stereocenters. The molecule has 2 nitrogen and oxygen atoms in total. The van der Waals surface area contributed by atoms with Gasteiger partial charge in [-0.05, 0) is 36.5 Å². The van der Waals surface area contributed by atoms with Crippen LogP contribution < -0.4 is 0 Å². The zero-order valence-electron chi connectivity index (χ0n) is 9.95. The van der Waals surface area contributed by atoms with Crippen molar-refractivity contribution in [2.24, 2.45) is 22.4 Å². The molecule has 0 bridgehead atoms. The van der Waals surface area contributed by atoms with Gasteiger partial charge in [0.2, 0.25) is 0 Å². The van der Waals surface area contributed by atoms with E-state index in [0.717, 1.165) is 36.8 Å². The molecule has 2 aliphatic carbocycles. The lowest BCUT2D eigenvalue weighted by molar-refractivity contribution is 0.150. The van der Waals surface area contributed by atoms with Gasteiger partial charge in [0.25, 0.3) is 0 Å². The van der Waals surface area contributed by atoms with E-state index >= 15 is 0 Å². The zero-order valence-corrected chi connectivity index (χ0v) is 9.95. The van der Waals surface area contributed by atoms with Crippen LogP contribution in [0.4, 0.5) is 0 Å². The van der Waals surface area contributed by atoms with Crippen LogP contribution in [0.15, 0.2) is 16.8 Å². The zero-order chi connectivity index (χ0) is 11.1. The van der Waals surface area contributed by atoms with Crippen molar-refractivity contribution in [2.45, 2.75) is 46.5 Å². The monoisotopic (exact) mass is 207 g/mol. The molecule has 2 heteroatoms. The number of hydrogen-bond donors (Lipinski definition) is 1. The molecule has 1 fully saturated rings. The SMILES string of the molecule is CC1CC=C2CC(=NO)CC[C@]2(C)C1C. The van der Waals surface area contributed by atoms with Crippen molar-refractivity contribution in [1.29, 1.82) is 0 Å². The predicted octanol–water partition coefficient (Wildman–Crippen LogP) is 3.61. The Hall–Kier alpha value is -0.790. The highest BCUT2D eigenvalue weighted by molar-refractivity contribution is 5.87. The highest BCUT2D eigenvalue weighted by atomic mass is 16.4. The fourth-order valence-corrected chi connectivity index (χ4v) is 3.15. The molecule has 1 N–H and O–H groups in total. The highest BCUT2D eigenvalue weighted by Gasteiger charge is 2.42. The molecule has 2 rings (SSSR count). The molecule has 0 aromatic carbocycles. The minimum atomic E-state index is 0.353. The van der Waals surface area contributed by atoms with E-state index in [9.17, 15) is 0 Å². The molecular weight excluding hydrogens is 186 g/mol. The molecule has 0 aromatic rings. The van der Waals surface area contributed by atoms with Gasteiger partial charge in [-0.3, -0.25) is 0 Å². The fraction of sp³-hybridized carbons (Fsp3) is 0.769. The van der Waals surface area contributed by atoms with Crippen molar-refractivity contribution in [3.63, 3.8) is 0 Å². The van der Waals surface area contributed by atoms with Crippen LogP contribution in [0.5, 0.6) is 0 Å². The maximum atomic E-state index is 8.84. The Morgan fingerprint density at radius 3 is 2.87 bits per heavy atom. The van der Waals surface area contributed by atoms with Gasteiger partial charge in [-0.2, -0.15) is 0 Å². The number of fused-ring (bicyclic) bond motifs is 1. The molecule has 2 aliphatic rings. The molecule has 2 unspecified atom stereocenters. The van der Waals surface area contributed by atoms with Gasteiger partial charge in [-0.25, -0.2) is 0 Å². The molecule has 0 aromatic heterocycles. The molecule has 0 spiro atoms. The van der Waals surface area contributed by atoms with Crippen LogP contribution in [0.1, 0.15) is 46.5 Å². The van der Waals surface area contributed by atoms with E-state index in [-0.39, 0.29) is 0 Å². The Morgan fingerprint density at radius 2 is 2.20 bits per heavy atom. The summed E-state index contributed by atoms with van der Waals surface area (Å²) in [6.07, 6.45) is 6.56. The average Bonchev–Trinajstić information content (AvgIpc) is 2.25. The second-order valence-electron chi connectivity index (χ2n) is 5.49. The highest BCUT2D eigenvalue weighted by Crippen LogP contribution is 2.51. The first-order chi connectivity index (χ1) is 7.08. The van der Waals surface area contributed by atoms with Gasteiger partial charge in [0.05, 0.1) is 5.71 Å². The predicted molar refractivity (Wildman–Crippen MR) is 62.2 cm³/mol. The third-order valence-electron chi connectivity index (χ3n) is 4.80. The molecule has 15 heavy (non-hydrogen) atoms. The average molecular weight is 207 g/mol. The molecule has 1 saturated carbocycles. The molecule has 84 valence electrons. The number of rotatable bonds is 0. The van der Waals surface area contributed by atoms with Gasteiger partial charge >= 0.3 is 0 Å². The normalized spacial score (nSPS) is 43.7. The summed E-state index contributed by atoms with van der Waals surface area (Å²) in [7, 11) is 0. The lowest BCUT2D eigenvalue weighted by atomic mass is 9.58.